The molecule has 124 valence electrons. The lowest BCUT2D eigenvalue weighted by molar-refractivity contribution is -0.130. The van der Waals surface area contributed by atoms with Crippen molar-refractivity contribution in [3.05, 3.63) is 35.9 Å². The molecular formula is C18H24N2O3. The standard InChI is InChI=1S/C18H24N2O3/c1-13(14-6-8-16(23-2)9-7-14)11-18(22)20-10-4-3-5-15(20)12-17(19)21/h6-9,11,15H,3-5,10,12H2,1-2H3,(H2,19,21). The Labute approximate surface area is 137 Å². The highest BCUT2D eigenvalue weighted by atomic mass is 16.5. The summed E-state index contributed by atoms with van der Waals surface area (Å²) in [5, 5.41) is 0. The van der Waals surface area contributed by atoms with Crippen molar-refractivity contribution in [1.82, 2.24) is 4.90 Å². The number of carbonyl (C=O) groups excluding carboxylic acids is 2. The van der Waals surface area contributed by atoms with Crippen LogP contribution in [0.3, 0.4) is 0 Å². The van der Waals surface area contributed by atoms with Crippen LogP contribution in [0.1, 0.15) is 38.2 Å². The van der Waals surface area contributed by atoms with Gasteiger partial charge < -0.3 is 15.4 Å². The molecular weight excluding hydrogens is 292 g/mol. The first kappa shape index (κ1) is 17.1. The molecule has 1 heterocycles. The number of nitrogens with zero attached hydrogens (tertiary/aromatic N) is 1. The first-order valence-corrected chi connectivity index (χ1v) is 7.93. The molecule has 1 saturated heterocycles. The average molecular weight is 316 g/mol. The number of carbonyl (C=O) groups is 2. The fraction of sp³-hybridized carbons (Fsp3) is 0.444. The van der Waals surface area contributed by atoms with Gasteiger partial charge in [0.15, 0.2) is 0 Å². The van der Waals surface area contributed by atoms with Crippen LogP contribution in [0.5, 0.6) is 5.75 Å². The summed E-state index contributed by atoms with van der Waals surface area (Å²) in [7, 11) is 1.62. The van der Waals surface area contributed by atoms with Gasteiger partial charge in [0.05, 0.1) is 7.11 Å². The fourth-order valence-corrected chi connectivity index (χ4v) is 2.94. The van der Waals surface area contributed by atoms with E-state index in [9.17, 15) is 9.59 Å². The Morgan fingerprint density at radius 3 is 2.61 bits per heavy atom. The highest BCUT2D eigenvalue weighted by Crippen LogP contribution is 2.22. The van der Waals surface area contributed by atoms with E-state index in [1.54, 1.807) is 18.1 Å². The van der Waals surface area contributed by atoms with Crippen LogP contribution in [0.2, 0.25) is 0 Å². The van der Waals surface area contributed by atoms with Crippen LogP contribution in [-0.4, -0.2) is 36.4 Å². The molecule has 1 aliphatic rings. The molecule has 5 nitrogen and oxygen atoms in total. The molecule has 0 saturated carbocycles. The lowest BCUT2D eigenvalue weighted by Crippen LogP contribution is -2.44. The quantitative estimate of drug-likeness (QED) is 0.848. The van der Waals surface area contributed by atoms with Gasteiger partial charge in [0.25, 0.3) is 0 Å². The third-order valence-corrected chi connectivity index (χ3v) is 4.23. The summed E-state index contributed by atoms with van der Waals surface area (Å²) in [6.45, 7) is 2.59. The SMILES string of the molecule is COc1ccc(C(C)=CC(=O)N2CCCCC2CC(N)=O)cc1. The van der Waals surface area contributed by atoms with Gasteiger partial charge in [-0.25, -0.2) is 0 Å². The van der Waals surface area contributed by atoms with Gasteiger partial charge in [-0.1, -0.05) is 12.1 Å². The Hall–Kier alpha value is -2.30. The summed E-state index contributed by atoms with van der Waals surface area (Å²) >= 11 is 0. The summed E-state index contributed by atoms with van der Waals surface area (Å²) in [5.41, 5.74) is 7.17. The molecule has 23 heavy (non-hydrogen) atoms. The van der Waals surface area contributed by atoms with Crippen molar-refractivity contribution in [3.8, 4) is 5.75 Å². The van der Waals surface area contributed by atoms with Crippen LogP contribution in [-0.2, 0) is 9.59 Å². The summed E-state index contributed by atoms with van der Waals surface area (Å²) in [4.78, 5) is 25.5. The van der Waals surface area contributed by atoms with E-state index in [-0.39, 0.29) is 24.3 Å². The van der Waals surface area contributed by atoms with Crippen molar-refractivity contribution in [2.45, 2.75) is 38.6 Å². The average Bonchev–Trinajstić information content (AvgIpc) is 2.54. The zero-order valence-electron chi connectivity index (χ0n) is 13.7. The number of hydrogen-bond donors (Lipinski definition) is 1. The van der Waals surface area contributed by atoms with Crippen LogP contribution >= 0.6 is 0 Å². The number of hydrogen-bond acceptors (Lipinski definition) is 3. The second kappa shape index (κ2) is 7.81. The van der Waals surface area contributed by atoms with Gasteiger partial charge >= 0.3 is 0 Å². The fourth-order valence-electron chi connectivity index (χ4n) is 2.94. The Morgan fingerprint density at radius 1 is 1.30 bits per heavy atom. The molecule has 1 fully saturated rings. The zero-order chi connectivity index (χ0) is 16.8. The summed E-state index contributed by atoms with van der Waals surface area (Å²) < 4.78 is 5.14. The number of allylic oxidation sites excluding steroid dienone is 1. The van der Waals surface area contributed by atoms with Crippen molar-refractivity contribution in [1.29, 1.82) is 0 Å². The third kappa shape index (κ3) is 4.58. The molecule has 5 heteroatoms. The van der Waals surface area contributed by atoms with Crippen molar-refractivity contribution in [2.24, 2.45) is 5.73 Å². The van der Waals surface area contributed by atoms with E-state index in [0.717, 1.165) is 36.1 Å². The van der Waals surface area contributed by atoms with E-state index < -0.39 is 0 Å². The molecule has 1 aromatic carbocycles. The van der Waals surface area contributed by atoms with Crippen LogP contribution in [0, 0.1) is 0 Å². The summed E-state index contributed by atoms with van der Waals surface area (Å²) in [6, 6.07) is 7.51. The van der Waals surface area contributed by atoms with Gasteiger partial charge in [-0.15, -0.1) is 0 Å². The number of amides is 2. The lowest BCUT2D eigenvalue weighted by Gasteiger charge is -2.34. The van der Waals surface area contributed by atoms with Crippen LogP contribution < -0.4 is 10.5 Å². The number of piperidine rings is 1. The molecule has 0 aromatic heterocycles. The lowest BCUT2D eigenvalue weighted by atomic mass is 9.98. The maximum Gasteiger partial charge on any atom is 0.247 e. The summed E-state index contributed by atoms with van der Waals surface area (Å²) in [5.74, 6) is 0.375. The Morgan fingerprint density at radius 2 is 2.00 bits per heavy atom. The molecule has 1 aromatic rings. The minimum atomic E-state index is -0.356. The summed E-state index contributed by atoms with van der Waals surface area (Å²) in [6.07, 6.45) is 4.71. The number of benzene rings is 1. The van der Waals surface area contributed by atoms with E-state index >= 15 is 0 Å². The number of ether oxygens (including phenoxy) is 1. The molecule has 2 rings (SSSR count). The smallest absolute Gasteiger partial charge is 0.247 e. The Balaban J connectivity index is 2.11. The van der Waals surface area contributed by atoms with Crippen molar-refractivity contribution >= 4 is 17.4 Å². The monoisotopic (exact) mass is 316 g/mol. The zero-order valence-corrected chi connectivity index (χ0v) is 13.7. The highest BCUT2D eigenvalue weighted by Gasteiger charge is 2.26. The van der Waals surface area contributed by atoms with E-state index in [0.29, 0.717) is 6.54 Å². The molecule has 0 radical (unpaired) electrons. The number of rotatable bonds is 5. The van der Waals surface area contributed by atoms with Crippen LogP contribution in [0.15, 0.2) is 30.3 Å². The third-order valence-electron chi connectivity index (χ3n) is 4.23. The second-order valence-corrected chi connectivity index (χ2v) is 5.91. The number of likely N-dealkylation sites (tertiary alicyclic amines) is 1. The van der Waals surface area contributed by atoms with Crippen LogP contribution in [0.4, 0.5) is 0 Å². The number of primary amides is 1. The maximum absolute atomic E-state index is 12.6. The van der Waals surface area contributed by atoms with Gasteiger partial charge in [-0.3, -0.25) is 9.59 Å². The maximum atomic E-state index is 12.6. The van der Waals surface area contributed by atoms with E-state index in [2.05, 4.69) is 0 Å². The van der Waals surface area contributed by atoms with E-state index in [1.807, 2.05) is 31.2 Å². The molecule has 0 bridgehead atoms. The minimum Gasteiger partial charge on any atom is -0.497 e. The minimum absolute atomic E-state index is 0.0516. The molecule has 2 amide bonds. The molecule has 0 aliphatic carbocycles. The normalized spacial score (nSPS) is 18.6. The number of nitrogens with two attached hydrogens (primary N) is 1. The van der Waals surface area contributed by atoms with Gasteiger partial charge in [0.2, 0.25) is 11.8 Å². The molecule has 2 N–H and O–H groups in total. The molecule has 0 spiro atoms. The largest absolute Gasteiger partial charge is 0.497 e. The molecule has 1 atom stereocenters. The van der Waals surface area contributed by atoms with Gasteiger partial charge in [0.1, 0.15) is 5.75 Å². The van der Waals surface area contributed by atoms with Gasteiger partial charge in [0, 0.05) is 25.1 Å². The van der Waals surface area contributed by atoms with Crippen LogP contribution in [0.25, 0.3) is 5.57 Å². The van der Waals surface area contributed by atoms with Crippen molar-refractivity contribution < 1.29 is 14.3 Å². The van der Waals surface area contributed by atoms with Gasteiger partial charge in [-0.05, 0) is 49.5 Å². The van der Waals surface area contributed by atoms with E-state index in [1.165, 1.54) is 0 Å². The molecule has 1 aliphatic heterocycles. The number of methoxy groups -OCH3 is 1. The first-order valence-electron chi connectivity index (χ1n) is 7.93. The van der Waals surface area contributed by atoms with Crippen molar-refractivity contribution in [2.75, 3.05) is 13.7 Å². The second-order valence-electron chi connectivity index (χ2n) is 5.91. The first-order chi connectivity index (χ1) is 11.0. The van der Waals surface area contributed by atoms with E-state index in [4.69, 9.17) is 10.5 Å². The van der Waals surface area contributed by atoms with Crippen molar-refractivity contribution in [3.63, 3.8) is 0 Å². The predicted molar refractivity (Wildman–Crippen MR) is 89.8 cm³/mol. The van der Waals surface area contributed by atoms with Gasteiger partial charge in [-0.2, -0.15) is 0 Å². The molecule has 1 unspecified atom stereocenters. The topological polar surface area (TPSA) is 72.6 Å². The Bertz CT molecular complexity index is 593. The predicted octanol–water partition coefficient (Wildman–Crippen LogP) is 2.36. The highest BCUT2D eigenvalue weighted by molar-refractivity contribution is 5.95. The Kier molecular flexibility index (Phi) is 5.79.